The van der Waals surface area contributed by atoms with Gasteiger partial charge in [0, 0.05) is 0 Å². The minimum atomic E-state index is -0.302. The van der Waals surface area contributed by atoms with Gasteiger partial charge in [-0.3, -0.25) is 0 Å². The molecule has 2 heteroatoms. The first-order valence-electron chi connectivity index (χ1n) is 7.67. The molecule has 21 heavy (non-hydrogen) atoms. The lowest BCUT2D eigenvalue weighted by Crippen LogP contribution is -2.20. The first-order chi connectivity index (χ1) is 10.2. The summed E-state index contributed by atoms with van der Waals surface area (Å²) in [6, 6.07) is 16.6. The summed E-state index contributed by atoms with van der Waals surface area (Å²) >= 11 is 0. The van der Waals surface area contributed by atoms with Crippen LogP contribution in [0.15, 0.2) is 48.5 Å². The third-order valence-electron chi connectivity index (χ3n) is 4.23. The van der Waals surface area contributed by atoms with Gasteiger partial charge < -0.3 is 9.84 Å². The van der Waals surface area contributed by atoms with Crippen molar-refractivity contribution in [3.8, 4) is 5.75 Å². The van der Waals surface area contributed by atoms with E-state index in [2.05, 4.69) is 37.3 Å². The molecule has 0 spiro atoms. The van der Waals surface area contributed by atoms with E-state index in [9.17, 15) is 5.11 Å². The molecule has 2 nitrogen and oxygen atoms in total. The van der Waals surface area contributed by atoms with Crippen molar-refractivity contribution in [3.05, 3.63) is 65.2 Å². The fourth-order valence-corrected chi connectivity index (χ4v) is 3.07. The molecule has 2 aromatic rings. The highest BCUT2D eigenvalue weighted by molar-refractivity contribution is 5.37. The summed E-state index contributed by atoms with van der Waals surface area (Å²) in [6.07, 6.45) is 2.21. The van der Waals surface area contributed by atoms with Crippen LogP contribution >= 0.6 is 0 Å². The number of ether oxygens (including phenoxy) is 1. The van der Waals surface area contributed by atoms with E-state index in [1.807, 2.05) is 18.2 Å². The van der Waals surface area contributed by atoms with Gasteiger partial charge in [-0.1, -0.05) is 48.0 Å². The van der Waals surface area contributed by atoms with Crippen LogP contribution in [0.1, 0.15) is 35.4 Å². The van der Waals surface area contributed by atoms with Gasteiger partial charge in [-0.05, 0) is 49.3 Å². The second-order valence-corrected chi connectivity index (χ2v) is 5.95. The second kappa shape index (κ2) is 6.31. The van der Waals surface area contributed by atoms with Crippen molar-refractivity contribution in [2.75, 3.05) is 6.61 Å². The summed E-state index contributed by atoms with van der Waals surface area (Å²) in [6.45, 7) is 2.83. The fourth-order valence-electron chi connectivity index (χ4n) is 3.07. The van der Waals surface area contributed by atoms with Gasteiger partial charge in [0.15, 0.2) is 0 Å². The van der Waals surface area contributed by atoms with E-state index in [0.717, 1.165) is 31.6 Å². The molecule has 110 valence electrons. The van der Waals surface area contributed by atoms with Crippen LogP contribution in [0.2, 0.25) is 0 Å². The summed E-state index contributed by atoms with van der Waals surface area (Å²) < 4.78 is 5.69. The Morgan fingerprint density at radius 2 is 1.90 bits per heavy atom. The number of para-hydroxylation sites is 1. The van der Waals surface area contributed by atoms with E-state index >= 15 is 0 Å². The molecule has 1 aliphatic heterocycles. The highest BCUT2D eigenvalue weighted by Crippen LogP contribution is 2.36. The van der Waals surface area contributed by atoms with Crippen LogP contribution < -0.4 is 4.74 Å². The molecule has 0 aromatic heterocycles. The molecule has 2 unspecified atom stereocenters. The van der Waals surface area contributed by atoms with Gasteiger partial charge in [0.1, 0.15) is 5.75 Å². The Labute approximate surface area is 126 Å². The molecule has 0 aliphatic carbocycles. The van der Waals surface area contributed by atoms with Gasteiger partial charge in [-0.15, -0.1) is 0 Å². The van der Waals surface area contributed by atoms with Gasteiger partial charge in [0.25, 0.3) is 0 Å². The molecule has 0 amide bonds. The first kappa shape index (κ1) is 14.2. The van der Waals surface area contributed by atoms with Crippen LogP contribution in [0, 0.1) is 6.92 Å². The fraction of sp³-hybridized carbons (Fsp3) is 0.368. The zero-order valence-electron chi connectivity index (χ0n) is 12.5. The Morgan fingerprint density at radius 3 is 2.71 bits per heavy atom. The summed E-state index contributed by atoms with van der Waals surface area (Å²) in [5.41, 5.74) is 3.70. The Balaban J connectivity index is 1.65. The Hall–Kier alpha value is -1.80. The van der Waals surface area contributed by atoms with Gasteiger partial charge >= 0.3 is 0 Å². The van der Waals surface area contributed by atoms with Gasteiger partial charge in [-0.2, -0.15) is 0 Å². The molecule has 1 heterocycles. The lowest BCUT2D eigenvalue weighted by Gasteiger charge is -2.27. The summed E-state index contributed by atoms with van der Waals surface area (Å²) in [7, 11) is 0. The van der Waals surface area contributed by atoms with E-state index < -0.39 is 0 Å². The van der Waals surface area contributed by atoms with Gasteiger partial charge in [0.05, 0.1) is 12.7 Å². The third-order valence-corrected chi connectivity index (χ3v) is 4.23. The average Bonchev–Trinajstić information content (AvgIpc) is 2.50. The molecule has 1 N–H and O–H groups in total. The monoisotopic (exact) mass is 282 g/mol. The van der Waals surface area contributed by atoms with E-state index in [0.29, 0.717) is 5.92 Å². The molecule has 0 fully saturated rings. The molecule has 3 rings (SSSR count). The lowest BCUT2D eigenvalue weighted by atomic mass is 9.87. The van der Waals surface area contributed by atoms with Crippen molar-refractivity contribution in [1.82, 2.24) is 0 Å². The predicted octanol–water partition coefficient (Wildman–Crippen LogP) is 3.85. The molecule has 0 bridgehead atoms. The van der Waals surface area contributed by atoms with Crippen molar-refractivity contribution < 1.29 is 9.84 Å². The van der Waals surface area contributed by atoms with E-state index in [1.54, 1.807) is 0 Å². The maximum Gasteiger partial charge on any atom is 0.122 e. The summed E-state index contributed by atoms with van der Waals surface area (Å²) in [5, 5.41) is 10.4. The molecule has 2 aromatic carbocycles. The molecule has 2 atom stereocenters. The number of aliphatic hydroxyl groups excluding tert-OH is 1. The normalized spacial score (nSPS) is 18.7. The first-order valence-corrected chi connectivity index (χ1v) is 7.67. The van der Waals surface area contributed by atoms with Crippen LogP contribution in [0.3, 0.4) is 0 Å². The Bertz CT molecular complexity index is 589. The smallest absolute Gasteiger partial charge is 0.122 e. The molecule has 0 saturated heterocycles. The van der Waals surface area contributed by atoms with Crippen molar-refractivity contribution >= 4 is 0 Å². The number of aliphatic hydroxyl groups is 1. The number of aryl methyl sites for hydroxylation is 1. The van der Waals surface area contributed by atoms with Crippen molar-refractivity contribution in [2.45, 2.75) is 38.2 Å². The van der Waals surface area contributed by atoms with Crippen LogP contribution in [-0.4, -0.2) is 17.8 Å². The minimum absolute atomic E-state index is 0.302. The molecular weight excluding hydrogens is 260 g/mol. The van der Waals surface area contributed by atoms with Gasteiger partial charge in [-0.25, -0.2) is 0 Å². The number of hydrogen-bond donors (Lipinski definition) is 1. The molecule has 1 aliphatic rings. The van der Waals surface area contributed by atoms with Crippen molar-refractivity contribution in [3.63, 3.8) is 0 Å². The second-order valence-electron chi connectivity index (χ2n) is 5.95. The van der Waals surface area contributed by atoms with E-state index in [1.165, 1.54) is 16.7 Å². The van der Waals surface area contributed by atoms with Crippen molar-refractivity contribution in [2.24, 2.45) is 0 Å². The topological polar surface area (TPSA) is 29.5 Å². The lowest BCUT2D eigenvalue weighted by molar-refractivity contribution is 0.143. The number of fused-ring (bicyclic) bond motifs is 1. The predicted molar refractivity (Wildman–Crippen MR) is 84.8 cm³/mol. The maximum absolute atomic E-state index is 10.4. The SMILES string of the molecule is Cc1ccc(CC(O)CC2CCOc3ccccc32)cc1. The molecular formula is C19H22O2. The highest BCUT2D eigenvalue weighted by Gasteiger charge is 2.23. The maximum atomic E-state index is 10.4. The van der Waals surface area contributed by atoms with Crippen LogP contribution in [-0.2, 0) is 6.42 Å². The van der Waals surface area contributed by atoms with Crippen molar-refractivity contribution in [1.29, 1.82) is 0 Å². The van der Waals surface area contributed by atoms with Crippen LogP contribution in [0.5, 0.6) is 5.75 Å². The number of rotatable bonds is 4. The van der Waals surface area contributed by atoms with E-state index in [-0.39, 0.29) is 6.10 Å². The third kappa shape index (κ3) is 3.45. The van der Waals surface area contributed by atoms with Crippen LogP contribution in [0.25, 0.3) is 0 Å². The van der Waals surface area contributed by atoms with Crippen LogP contribution in [0.4, 0.5) is 0 Å². The Morgan fingerprint density at radius 1 is 1.14 bits per heavy atom. The minimum Gasteiger partial charge on any atom is -0.493 e. The quantitative estimate of drug-likeness (QED) is 0.923. The molecule has 0 saturated carbocycles. The van der Waals surface area contributed by atoms with E-state index in [4.69, 9.17) is 4.74 Å². The highest BCUT2D eigenvalue weighted by atomic mass is 16.5. The summed E-state index contributed by atoms with van der Waals surface area (Å²) in [4.78, 5) is 0. The van der Waals surface area contributed by atoms with Gasteiger partial charge in [0.2, 0.25) is 0 Å². The largest absolute Gasteiger partial charge is 0.493 e. The zero-order valence-corrected chi connectivity index (χ0v) is 12.5. The average molecular weight is 282 g/mol. The number of benzene rings is 2. The standard InChI is InChI=1S/C19H22O2/c1-14-6-8-15(9-7-14)12-17(20)13-16-10-11-21-19-5-3-2-4-18(16)19/h2-9,16-17,20H,10-13H2,1H3. The Kier molecular flexibility index (Phi) is 4.26. The summed E-state index contributed by atoms with van der Waals surface area (Å²) in [5.74, 6) is 1.38. The zero-order chi connectivity index (χ0) is 14.7. The number of hydrogen-bond acceptors (Lipinski definition) is 2. The molecule has 0 radical (unpaired) electrons.